The van der Waals surface area contributed by atoms with E-state index in [0.717, 1.165) is 0 Å². The van der Waals surface area contributed by atoms with Crippen molar-refractivity contribution in [3.8, 4) is 12.3 Å². The molecule has 15 heavy (non-hydrogen) atoms. The number of benzene rings is 1. The molecule has 2 amide bonds. The minimum atomic E-state index is -0.523. The molecule has 0 aliphatic carbocycles. The van der Waals surface area contributed by atoms with Crippen LogP contribution in [-0.4, -0.2) is 12.1 Å². The lowest BCUT2D eigenvalue weighted by Crippen LogP contribution is -2.35. The Morgan fingerprint density at radius 3 is 2.80 bits per heavy atom. The maximum atomic E-state index is 13.1. The summed E-state index contributed by atoms with van der Waals surface area (Å²) < 4.78 is 13.1. The lowest BCUT2D eigenvalue weighted by molar-refractivity contribution is 0.251. The van der Waals surface area contributed by atoms with Crippen LogP contribution >= 0.6 is 0 Å². The number of hydrogen-bond acceptors (Lipinski definition) is 1. The smallest absolute Gasteiger partial charge is 0.320 e. The molecule has 1 aromatic carbocycles. The van der Waals surface area contributed by atoms with E-state index in [4.69, 9.17) is 6.42 Å². The van der Waals surface area contributed by atoms with E-state index >= 15 is 0 Å². The zero-order valence-corrected chi connectivity index (χ0v) is 8.25. The minimum Gasteiger partial charge on any atom is -0.325 e. The van der Waals surface area contributed by atoms with Gasteiger partial charge in [-0.3, -0.25) is 0 Å². The lowest BCUT2D eigenvalue weighted by atomic mass is 10.3. The summed E-state index contributed by atoms with van der Waals surface area (Å²) in [7, 11) is 0. The standard InChI is InChI=1S/C11H11FN2O/c1-3-8(2)13-11(15)14-10-7-5-4-6-9(10)12/h1,4-8H,2H3,(H2,13,14,15). The summed E-state index contributed by atoms with van der Waals surface area (Å²) in [5, 5.41) is 4.81. The van der Waals surface area contributed by atoms with Crippen molar-refractivity contribution < 1.29 is 9.18 Å². The van der Waals surface area contributed by atoms with E-state index in [-0.39, 0.29) is 5.69 Å². The fourth-order valence-corrected chi connectivity index (χ4v) is 0.959. The normalized spacial score (nSPS) is 11.3. The molecule has 0 saturated carbocycles. The van der Waals surface area contributed by atoms with E-state index in [9.17, 15) is 9.18 Å². The Balaban J connectivity index is 2.60. The van der Waals surface area contributed by atoms with Crippen molar-refractivity contribution in [2.24, 2.45) is 0 Å². The second kappa shape index (κ2) is 5.01. The van der Waals surface area contributed by atoms with Gasteiger partial charge in [-0.1, -0.05) is 18.1 Å². The Morgan fingerprint density at radius 2 is 2.20 bits per heavy atom. The number of terminal acetylenes is 1. The molecule has 0 saturated heterocycles. The molecule has 78 valence electrons. The molecule has 0 fully saturated rings. The summed E-state index contributed by atoms with van der Waals surface area (Å²) in [4.78, 5) is 11.2. The van der Waals surface area contributed by atoms with Gasteiger partial charge in [0.05, 0.1) is 11.7 Å². The molecule has 0 aliphatic rings. The molecule has 0 spiro atoms. The van der Waals surface area contributed by atoms with Gasteiger partial charge >= 0.3 is 6.03 Å². The molecule has 1 aromatic rings. The fraction of sp³-hybridized carbons (Fsp3) is 0.182. The number of para-hydroxylation sites is 1. The topological polar surface area (TPSA) is 41.1 Å². The van der Waals surface area contributed by atoms with Gasteiger partial charge in [0, 0.05) is 0 Å². The van der Waals surface area contributed by atoms with Gasteiger partial charge in [0.25, 0.3) is 0 Å². The Bertz CT molecular complexity index is 398. The Morgan fingerprint density at radius 1 is 1.53 bits per heavy atom. The zero-order valence-electron chi connectivity index (χ0n) is 8.25. The van der Waals surface area contributed by atoms with Crippen LogP contribution in [0.3, 0.4) is 0 Å². The summed E-state index contributed by atoms with van der Waals surface area (Å²) in [5.74, 6) is 1.85. The average Bonchev–Trinajstić information content (AvgIpc) is 2.21. The predicted molar refractivity (Wildman–Crippen MR) is 56.8 cm³/mol. The van der Waals surface area contributed by atoms with Gasteiger partial charge in [-0.25, -0.2) is 9.18 Å². The highest BCUT2D eigenvalue weighted by atomic mass is 19.1. The number of rotatable bonds is 2. The van der Waals surface area contributed by atoms with Gasteiger partial charge in [0.2, 0.25) is 0 Å². The van der Waals surface area contributed by atoms with Crippen LogP contribution < -0.4 is 10.6 Å². The molecule has 0 bridgehead atoms. The highest BCUT2D eigenvalue weighted by Gasteiger charge is 2.06. The van der Waals surface area contributed by atoms with E-state index in [1.807, 2.05) is 0 Å². The first-order valence-electron chi connectivity index (χ1n) is 4.41. The van der Waals surface area contributed by atoms with Crippen molar-refractivity contribution in [3.05, 3.63) is 30.1 Å². The van der Waals surface area contributed by atoms with E-state index in [1.165, 1.54) is 12.1 Å². The zero-order chi connectivity index (χ0) is 11.3. The van der Waals surface area contributed by atoms with E-state index < -0.39 is 17.9 Å². The van der Waals surface area contributed by atoms with Crippen LogP contribution in [0.5, 0.6) is 0 Å². The van der Waals surface area contributed by atoms with Crippen LogP contribution in [0.15, 0.2) is 24.3 Å². The molecule has 1 rings (SSSR count). The van der Waals surface area contributed by atoms with Crippen LogP contribution in [0.2, 0.25) is 0 Å². The van der Waals surface area contributed by atoms with Crippen molar-refractivity contribution in [2.45, 2.75) is 13.0 Å². The highest BCUT2D eigenvalue weighted by Crippen LogP contribution is 2.11. The molecule has 1 atom stereocenters. The second-order valence-electron chi connectivity index (χ2n) is 2.97. The van der Waals surface area contributed by atoms with Crippen LogP contribution in [0, 0.1) is 18.2 Å². The number of anilines is 1. The van der Waals surface area contributed by atoms with Gasteiger partial charge in [0.1, 0.15) is 5.82 Å². The molecule has 2 N–H and O–H groups in total. The number of halogens is 1. The summed E-state index contributed by atoms with van der Waals surface area (Å²) >= 11 is 0. The van der Waals surface area contributed by atoms with Crippen LogP contribution in [0.1, 0.15) is 6.92 Å². The summed E-state index contributed by atoms with van der Waals surface area (Å²) in [5.41, 5.74) is 0.124. The lowest BCUT2D eigenvalue weighted by Gasteiger charge is -2.09. The molecule has 3 nitrogen and oxygen atoms in total. The van der Waals surface area contributed by atoms with Crippen LogP contribution in [-0.2, 0) is 0 Å². The minimum absolute atomic E-state index is 0.124. The van der Waals surface area contributed by atoms with Crippen molar-refractivity contribution in [2.75, 3.05) is 5.32 Å². The molecule has 4 heteroatoms. The van der Waals surface area contributed by atoms with Crippen molar-refractivity contribution >= 4 is 11.7 Å². The maximum absolute atomic E-state index is 13.1. The number of carbonyl (C=O) groups excluding carboxylic acids is 1. The van der Waals surface area contributed by atoms with Gasteiger partial charge in [-0.05, 0) is 19.1 Å². The number of amides is 2. The van der Waals surface area contributed by atoms with Crippen molar-refractivity contribution in [1.82, 2.24) is 5.32 Å². The number of nitrogens with one attached hydrogen (secondary N) is 2. The SMILES string of the molecule is C#CC(C)NC(=O)Nc1ccccc1F. The molecular formula is C11H11FN2O. The third-order valence-electron chi connectivity index (χ3n) is 1.72. The summed E-state index contributed by atoms with van der Waals surface area (Å²) in [6, 6.07) is 4.99. The third kappa shape index (κ3) is 3.31. The predicted octanol–water partition coefficient (Wildman–Crippen LogP) is 1.97. The Kier molecular flexibility index (Phi) is 3.69. The van der Waals surface area contributed by atoms with Gasteiger partial charge in [-0.2, -0.15) is 0 Å². The van der Waals surface area contributed by atoms with Crippen LogP contribution in [0.25, 0.3) is 0 Å². The van der Waals surface area contributed by atoms with E-state index in [1.54, 1.807) is 19.1 Å². The van der Waals surface area contributed by atoms with Gasteiger partial charge in [-0.15, -0.1) is 6.42 Å². The van der Waals surface area contributed by atoms with E-state index in [0.29, 0.717) is 0 Å². The van der Waals surface area contributed by atoms with Crippen molar-refractivity contribution in [3.63, 3.8) is 0 Å². The first-order chi connectivity index (χ1) is 7.13. The average molecular weight is 206 g/mol. The van der Waals surface area contributed by atoms with E-state index in [2.05, 4.69) is 16.6 Å². The Hall–Kier alpha value is -2.02. The first kappa shape index (κ1) is 11.1. The third-order valence-corrected chi connectivity index (χ3v) is 1.72. The highest BCUT2D eigenvalue weighted by molar-refractivity contribution is 5.89. The molecule has 0 aromatic heterocycles. The fourth-order valence-electron chi connectivity index (χ4n) is 0.959. The number of hydrogen-bond donors (Lipinski definition) is 2. The molecule has 0 aliphatic heterocycles. The second-order valence-corrected chi connectivity index (χ2v) is 2.97. The van der Waals surface area contributed by atoms with Crippen molar-refractivity contribution in [1.29, 1.82) is 0 Å². The maximum Gasteiger partial charge on any atom is 0.320 e. The molecular weight excluding hydrogens is 195 g/mol. The van der Waals surface area contributed by atoms with Crippen LogP contribution in [0.4, 0.5) is 14.9 Å². The first-order valence-corrected chi connectivity index (χ1v) is 4.41. The quantitative estimate of drug-likeness (QED) is 0.713. The molecule has 0 radical (unpaired) electrons. The Labute approximate surface area is 87.7 Å². The summed E-state index contributed by atoms with van der Waals surface area (Å²) in [6.45, 7) is 1.65. The number of urea groups is 1. The molecule has 1 unspecified atom stereocenters. The monoisotopic (exact) mass is 206 g/mol. The number of carbonyl (C=O) groups is 1. The largest absolute Gasteiger partial charge is 0.325 e. The van der Waals surface area contributed by atoms with Gasteiger partial charge in [0.15, 0.2) is 0 Å². The van der Waals surface area contributed by atoms with Gasteiger partial charge < -0.3 is 10.6 Å². The summed E-state index contributed by atoms with van der Waals surface area (Å²) in [6.07, 6.45) is 5.08. The molecule has 0 heterocycles.